The van der Waals surface area contributed by atoms with Crippen LogP contribution in [0.1, 0.15) is 99.8 Å². The van der Waals surface area contributed by atoms with Crippen LogP contribution >= 0.6 is 0 Å². The van der Waals surface area contributed by atoms with Crippen LogP contribution in [-0.4, -0.2) is 0 Å². The lowest BCUT2D eigenvalue weighted by Crippen LogP contribution is -2.27. The zero-order valence-electron chi connectivity index (χ0n) is 16.7. The Morgan fingerprint density at radius 2 is 1.32 bits per heavy atom. The molecule has 0 amide bonds. The van der Waals surface area contributed by atoms with Gasteiger partial charge in [0.15, 0.2) is 0 Å². The van der Waals surface area contributed by atoms with Crippen LogP contribution in [0.15, 0.2) is 0 Å². The zero-order chi connectivity index (χ0) is 16.7. The summed E-state index contributed by atoms with van der Waals surface area (Å²) in [5.41, 5.74) is 0. The number of rotatable bonds is 9. The molecule has 3 atom stereocenters. The van der Waals surface area contributed by atoms with Crippen molar-refractivity contribution < 1.29 is 0 Å². The normalized spacial score (nSPS) is 26.6. The van der Waals surface area contributed by atoms with Gasteiger partial charge in [-0.05, 0) is 60.7 Å². The van der Waals surface area contributed by atoms with Crippen LogP contribution in [-0.2, 0) is 0 Å². The largest absolute Gasteiger partial charge is 0.0628 e. The summed E-state index contributed by atoms with van der Waals surface area (Å²) in [6.45, 7) is 17.0. The van der Waals surface area contributed by atoms with E-state index in [1.54, 1.807) is 0 Å². The molecule has 0 nitrogen and oxygen atoms in total. The van der Waals surface area contributed by atoms with Crippen molar-refractivity contribution in [3.63, 3.8) is 0 Å². The summed E-state index contributed by atoms with van der Waals surface area (Å²) in [6, 6.07) is 0. The average Bonchev–Trinajstić information content (AvgIpc) is 2.43. The fraction of sp³-hybridized carbons (Fsp3) is 1.00. The molecule has 1 rings (SSSR count). The van der Waals surface area contributed by atoms with Crippen LogP contribution in [0.2, 0.25) is 0 Å². The summed E-state index contributed by atoms with van der Waals surface area (Å²) in [4.78, 5) is 0. The summed E-state index contributed by atoms with van der Waals surface area (Å²) in [5.74, 6) is 6.59. The monoisotopic (exact) mass is 308 g/mol. The molecular formula is C22H44. The predicted octanol–water partition coefficient (Wildman–Crippen LogP) is 7.57. The molecule has 0 saturated heterocycles. The van der Waals surface area contributed by atoms with Gasteiger partial charge >= 0.3 is 0 Å². The van der Waals surface area contributed by atoms with Gasteiger partial charge in [-0.25, -0.2) is 0 Å². The van der Waals surface area contributed by atoms with Crippen molar-refractivity contribution >= 4 is 0 Å². The van der Waals surface area contributed by atoms with Crippen molar-refractivity contribution in [1.82, 2.24) is 0 Å². The van der Waals surface area contributed by atoms with Gasteiger partial charge in [0.2, 0.25) is 0 Å². The van der Waals surface area contributed by atoms with E-state index in [1.807, 2.05) is 0 Å². The maximum absolute atomic E-state index is 2.53. The molecule has 0 bridgehead atoms. The first-order chi connectivity index (χ1) is 10.3. The molecule has 0 aromatic heterocycles. The average molecular weight is 309 g/mol. The van der Waals surface area contributed by atoms with Crippen LogP contribution < -0.4 is 0 Å². The van der Waals surface area contributed by atoms with E-state index < -0.39 is 0 Å². The van der Waals surface area contributed by atoms with E-state index >= 15 is 0 Å². The van der Waals surface area contributed by atoms with E-state index in [0.29, 0.717) is 0 Å². The predicted molar refractivity (Wildman–Crippen MR) is 101 cm³/mol. The van der Waals surface area contributed by atoms with Crippen LogP contribution in [0.4, 0.5) is 0 Å². The highest BCUT2D eigenvalue weighted by atomic mass is 14.4. The Hall–Kier alpha value is 0. The van der Waals surface area contributed by atoms with Crippen molar-refractivity contribution in [3.8, 4) is 0 Å². The maximum atomic E-state index is 2.53. The second kappa shape index (κ2) is 9.99. The van der Waals surface area contributed by atoms with Crippen molar-refractivity contribution in [3.05, 3.63) is 0 Å². The molecule has 0 aromatic carbocycles. The van der Waals surface area contributed by atoms with Gasteiger partial charge in [-0.2, -0.15) is 0 Å². The first-order valence-electron chi connectivity index (χ1n) is 10.3. The molecule has 0 aliphatic heterocycles. The highest BCUT2D eigenvalue weighted by molar-refractivity contribution is 4.81. The Balaban J connectivity index is 2.56. The third-order valence-corrected chi connectivity index (χ3v) is 6.29. The minimum Gasteiger partial charge on any atom is -0.0628 e. The minimum absolute atomic E-state index is 0.869. The molecule has 1 fully saturated rings. The Bertz CT molecular complexity index is 264. The lowest BCUT2D eigenvalue weighted by Gasteiger charge is -2.38. The minimum atomic E-state index is 0.869. The molecule has 3 unspecified atom stereocenters. The van der Waals surface area contributed by atoms with Crippen LogP contribution in [0.3, 0.4) is 0 Å². The zero-order valence-corrected chi connectivity index (χ0v) is 16.7. The molecule has 0 radical (unpaired) electrons. The number of hydrogen-bond acceptors (Lipinski definition) is 0. The fourth-order valence-corrected chi connectivity index (χ4v) is 4.33. The third kappa shape index (κ3) is 7.51. The SMILES string of the molecule is CC(C)CCC(CCC(C)C)CC1CC(C(C)C)CCC1C. The van der Waals surface area contributed by atoms with E-state index in [9.17, 15) is 0 Å². The summed E-state index contributed by atoms with van der Waals surface area (Å²) in [7, 11) is 0. The Labute approximate surface area is 141 Å². The molecule has 1 aliphatic carbocycles. The summed E-state index contributed by atoms with van der Waals surface area (Å²) < 4.78 is 0. The highest BCUT2D eigenvalue weighted by Gasteiger charge is 2.30. The molecule has 0 N–H and O–H groups in total. The van der Waals surface area contributed by atoms with Gasteiger partial charge in [-0.3, -0.25) is 0 Å². The van der Waals surface area contributed by atoms with Crippen molar-refractivity contribution in [1.29, 1.82) is 0 Å². The van der Waals surface area contributed by atoms with Gasteiger partial charge in [0.1, 0.15) is 0 Å². The van der Waals surface area contributed by atoms with Crippen molar-refractivity contribution in [2.45, 2.75) is 99.8 Å². The molecule has 0 aromatic rings. The fourth-order valence-electron chi connectivity index (χ4n) is 4.33. The molecule has 0 heterocycles. The van der Waals surface area contributed by atoms with Gasteiger partial charge in [0.25, 0.3) is 0 Å². The smallest absolute Gasteiger partial charge is 0.0383 e. The van der Waals surface area contributed by atoms with Gasteiger partial charge in [0, 0.05) is 0 Å². The molecule has 0 spiro atoms. The lowest BCUT2D eigenvalue weighted by molar-refractivity contribution is 0.128. The van der Waals surface area contributed by atoms with Gasteiger partial charge in [-0.15, -0.1) is 0 Å². The summed E-state index contributed by atoms with van der Waals surface area (Å²) in [5, 5.41) is 0. The summed E-state index contributed by atoms with van der Waals surface area (Å²) in [6.07, 6.45) is 11.8. The second-order valence-corrected chi connectivity index (χ2v) is 9.60. The quantitative estimate of drug-likeness (QED) is 0.412. The van der Waals surface area contributed by atoms with Crippen molar-refractivity contribution in [2.24, 2.45) is 41.4 Å². The Morgan fingerprint density at radius 3 is 1.77 bits per heavy atom. The van der Waals surface area contributed by atoms with Crippen LogP contribution in [0, 0.1) is 41.4 Å². The Kier molecular flexibility index (Phi) is 9.10. The summed E-state index contributed by atoms with van der Waals surface area (Å²) >= 11 is 0. The Morgan fingerprint density at radius 1 is 0.773 bits per heavy atom. The first kappa shape index (κ1) is 20.0. The standard InChI is InChI=1S/C22H44/c1-16(2)8-11-20(12-9-17(3)4)14-22-15-21(18(5)6)13-10-19(22)7/h16-22H,8-15H2,1-7H3. The highest BCUT2D eigenvalue weighted by Crippen LogP contribution is 2.41. The molecule has 1 aliphatic rings. The van der Waals surface area contributed by atoms with E-state index in [0.717, 1.165) is 41.4 Å². The van der Waals surface area contributed by atoms with Gasteiger partial charge in [0.05, 0.1) is 0 Å². The van der Waals surface area contributed by atoms with E-state index in [2.05, 4.69) is 48.5 Å². The van der Waals surface area contributed by atoms with E-state index in [-0.39, 0.29) is 0 Å². The van der Waals surface area contributed by atoms with E-state index in [1.165, 1.54) is 51.4 Å². The molecule has 0 heteroatoms. The third-order valence-electron chi connectivity index (χ3n) is 6.29. The molecular weight excluding hydrogens is 264 g/mol. The van der Waals surface area contributed by atoms with E-state index in [4.69, 9.17) is 0 Å². The van der Waals surface area contributed by atoms with Crippen LogP contribution in [0.25, 0.3) is 0 Å². The molecule has 1 saturated carbocycles. The van der Waals surface area contributed by atoms with Crippen LogP contribution in [0.5, 0.6) is 0 Å². The number of hydrogen-bond donors (Lipinski definition) is 0. The maximum Gasteiger partial charge on any atom is -0.0383 e. The van der Waals surface area contributed by atoms with Gasteiger partial charge < -0.3 is 0 Å². The van der Waals surface area contributed by atoms with Gasteiger partial charge in [-0.1, -0.05) is 80.6 Å². The molecule has 22 heavy (non-hydrogen) atoms. The van der Waals surface area contributed by atoms with Crippen molar-refractivity contribution in [2.75, 3.05) is 0 Å². The second-order valence-electron chi connectivity index (χ2n) is 9.60. The lowest BCUT2D eigenvalue weighted by atomic mass is 9.68. The first-order valence-corrected chi connectivity index (χ1v) is 10.3. The topological polar surface area (TPSA) is 0 Å². The molecule has 132 valence electrons.